The van der Waals surface area contributed by atoms with Crippen molar-refractivity contribution in [1.29, 1.82) is 0 Å². The number of rotatable bonds is 2. The maximum absolute atomic E-state index is 12.0. The van der Waals surface area contributed by atoms with E-state index < -0.39 is 0 Å². The minimum atomic E-state index is -0.118. The summed E-state index contributed by atoms with van der Waals surface area (Å²) < 4.78 is 0. The highest BCUT2D eigenvalue weighted by atomic mass is 32.2. The summed E-state index contributed by atoms with van der Waals surface area (Å²) in [5.74, 6) is -0.0337. The Labute approximate surface area is 183 Å². The largest absolute Gasteiger partial charge is 0.358 e. The highest BCUT2D eigenvalue weighted by molar-refractivity contribution is 8.07. The number of thioether (sulfide) groups is 1. The molecule has 1 aliphatic heterocycles. The molecule has 1 rings (SSSR count). The number of allylic oxidation sites excluding steroid dienone is 5. The maximum atomic E-state index is 12.0. The fraction of sp³-hybridized carbons (Fsp3) is 0.640. The molecule has 28 heavy (non-hydrogen) atoms. The third-order valence-electron chi connectivity index (χ3n) is 3.04. The van der Waals surface area contributed by atoms with Crippen molar-refractivity contribution in [3.05, 3.63) is 45.8 Å². The number of nitrogens with one attached hydrogen (secondary N) is 1. The van der Waals surface area contributed by atoms with Crippen LogP contribution in [0.2, 0.25) is 0 Å². The molecule has 0 saturated carbocycles. The summed E-state index contributed by atoms with van der Waals surface area (Å²) in [6, 6.07) is 0. The molecular weight excluding hydrogens is 362 g/mol. The third kappa shape index (κ3) is 15.8. The number of amides is 1. The van der Waals surface area contributed by atoms with Crippen LogP contribution in [0.1, 0.15) is 96.4 Å². The van der Waals surface area contributed by atoms with Crippen molar-refractivity contribution in [3.63, 3.8) is 0 Å². The quantitative estimate of drug-likeness (QED) is 0.458. The molecule has 1 N–H and O–H groups in total. The maximum Gasteiger partial charge on any atom is 0.231 e. The number of hydrogen-bond donors (Lipinski definition) is 1. The molecule has 1 atom stereocenters. The number of carbonyl (C=O) groups is 1. The van der Waals surface area contributed by atoms with Gasteiger partial charge in [0.05, 0.1) is 5.92 Å². The second kappa shape index (κ2) is 30.5. The standard InChI is InChI=1S/C14H21NOS.C3H6.4C2H6/c1-6-8-11-12(7-2)17-10(4)9(3)13(11)14(16)15-5;1-3-2;4*1-2/h7-8,13H,6H2,1-5H3,(H,15,16);3H,1H2,2H3;4*1-2H3/b11-8+,12-7+;;;;;. The first-order valence-electron chi connectivity index (χ1n) is 11.0. The first-order valence-corrected chi connectivity index (χ1v) is 11.8. The van der Waals surface area contributed by atoms with Gasteiger partial charge in [-0.3, -0.25) is 4.79 Å². The molecule has 0 fully saturated rings. The molecule has 0 aromatic rings. The van der Waals surface area contributed by atoms with Gasteiger partial charge in [0.2, 0.25) is 5.91 Å². The number of hydrogen-bond acceptors (Lipinski definition) is 2. The van der Waals surface area contributed by atoms with Crippen molar-refractivity contribution in [2.45, 2.75) is 96.4 Å². The zero-order chi connectivity index (χ0) is 23.7. The molecule has 0 aromatic heterocycles. The van der Waals surface area contributed by atoms with Crippen molar-refractivity contribution in [3.8, 4) is 0 Å². The van der Waals surface area contributed by atoms with Crippen LogP contribution >= 0.6 is 11.8 Å². The summed E-state index contributed by atoms with van der Waals surface area (Å²) in [5, 5.41) is 2.77. The van der Waals surface area contributed by atoms with Crippen LogP contribution < -0.4 is 5.32 Å². The lowest BCUT2D eigenvalue weighted by molar-refractivity contribution is -0.122. The van der Waals surface area contributed by atoms with Gasteiger partial charge in [0.1, 0.15) is 0 Å². The predicted octanol–water partition coefficient (Wildman–Crippen LogP) is 8.93. The zero-order valence-electron chi connectivity index (χ0n) is 21.5. The lowest BCUT2D eigenvalue weighted by Gasteiger charge is -2.28. The van der Waals surface area contributed by atoms with E-state index in [0.29, 0.717) is 0 Å². The number of carbonyl (C=O) groups excluding carboxylic acids is 1. The molecule has 0 saturated heterocycles. The summed E-state index contributed by atoms with van der Waals surface area (Å²) in [4.78, 5) is 14.5. The van der Waals surface area contributed by atoms with Gasteiger partial charge >= 0.3 is 0 Å². The van der Waals surface area contributed by atoms with E-state index in [0.717, 1.165) is 12.0 Å². The van der Waals surface area contributed by atoms with Crippen LogP contribution in [-0.2, 0) is 4.79 Å². The molecule has 0 spiro atoms. The van der Waals surface area contributed by atoms with E-state index in [1.165, 1.54) is 15.4 Å². The van der Waals surface area contributed by atoms with Crippen molar-refractivity contribution in [1.82, 2.24) is 5.32 Å². The van der Waals surface area contributed by atoms with Crippen molar-refractivity contribution >= 4 is 17.7 Å². The van der Waals surface area contributed by atoms with Crippen LogP contribution in [-0.4, -0.2) is 13.0 Å². The topological polar surface area (TPSA) is 29.1 Å². The van der Waals surface area contributed by atoms with Crippen LogP contribution in [0.25, 0.3) is 0 Å². The Balaban J connectivity index is -0.000000136. The van der Waals surface area contributed by atoms with Gasteiger partial charge in [-0.1, -0.05) is 92.3 Å². The predicted molar refractivity (Wildman–Crippen MR) is 137 cm³/mol. The Kier molecular flexibility index (Phi) is 40.9. The molecule has 1 aliphatic rings. The summed E-state index contributed by atoms with van der Waals surface area (Å²) in [7, 11) is 1.70. The summed E-state index contributed by atoms with van der Waals surface area (Å²) >= 11 is 1.77. The second-order valence-corrected chi connectivity index (χ2v) is 5.77. The van der Waals surface area contributed by atoms with Crippen molar-refractivity contribution < 1.29 is 4.79 Å². The van der Waals surface area contributed by atoms with Gasteiger partial charge in [0.25, 0.3) is 0 Å². The minimum Gasteiger partial charge on any atom is -0.358 e. The van der Waals surface area contributed by atoms with E-state index in [1.807, 2.05) is 69.2 Å². The Bertz CT molecular complexity index is 445. The monoisotopic (exact) mass is 413 g/mol. The van der Waals surface area contributed by atoms with Crippen LogP contribution in [0.4, 0.5) is 0 Å². The van der Waals surface area contributed by atoms with E-state index in [-0.39, 0.29) is 11.8 Å². The van der Waals surface area contributed by atoms with Crippen LogP contribution in [0, 0.1) is 5.92 Å². The average molecular weight is 414 g/mol. The first-order chi connectivity index (χ1) is 13.5. The lowest BCUT2D eigenvalue weighted by atomic mass is 9.88. The summed E-state index contributed by atoms with van der Waals surface area (Å²) in [6.07, 6.45) is 6.96. The van der Waals surface area contributed by atoms with Gasteiger partial charge in [-0.15, -0.1) is 6.58 Å². The second-order valence-electron chi connectivity index (χ2n) is 4.52. The molecule has 3 heteroatoms. The minimum absolute atomic E-state index is 0.0844. The summed E-state index contributed by atoms with van der Waals surface area (Å²) in [6.45, 7) is 29.5. The molecule has 0 radical (unpaired) electrons. The van der Waals surface area contributed by atoms with Crippen molar-refractivity contribution in [2.24, 2.45) is 5.92 Å². The van der Waals surface area contributed by atoms with E-state index in [2.05, 4.69) is 44.8 Å². The summed E-state index contributed by atoms with van der Waals surface area (Å²) in [5.41, 5.74) is 2.32. The van der Waals surface area contributed by atoms with Crippen LogP contribution in [0.5, 0.6) is 0 Å². The van der Waals surface area contributed by atoms with Gasteiger partial charge in [0.15, 0.2) is 0 Å². The normalized spacial score (nSPS) is 16.9. The van der Waals surface area contributed by atoms with E-state index in [4.69, 9.17) is 0 Å². The fourth-order valence-corrected chi connectivity index (χ4v) is 3.07. The van der Waals surface area contributed by atoms with E-state index in [9.17, 15) is 4.79 Å². The van der Waals surface area contributed by atoms with Gasteiger partial charge in [-0.2, -0.15) is 0 Å². The van der Waals surface area contributed by atoms with Gasteiger partial charge < -0.3 is 5.32 Å². The van der Waals surface area contributed by atoms with Crippen LogP contribution in [0.3, 0.4) is 0 Å². The Morgan fingerprint density at radius 3 is 1.71 bits per heavy atom. The highest BCUT2D eigenvalue weighted by Gasteiger charge is 2.31. The molecule has 1 unspecified atom stereocenters. The molecule has 1 heterocycles. The molecular formula is C25H51NOS. The smallest absolute Gasteiger partial charge is 0.231 e. The highest BCUT2D eigenvalue weighted by Crippen LogP contribution is 2.45. The first kappa shape index (κ1) is 37.5. The third-order valence-corrected chi connectivity index (χ3v) is 4.36. The average Bonchev–Trinajstić information content (AvgIpc) is 2.76. The Morgan fingerprint density at radius 2 is 1.43 bits per heavy atom. The molecule has 0 aliphatic carbocycles. The zero-order valence-corrected chi connectivity index (χ0v) is 22.4. The molecule has 0 bridgehead atoms. The van der Waals surface area contributed by atoms with Gasteiger partial charge in [-0.25, -0.2) is 0 Å². The fourth-order valence-electron chi connectivity index (χ4n) is 2.03. The van der Waals surface area contributed by atoms with Gasteiger partial charge in [0, 0.05) is 12.0 Å². The Hall–Kier alpha value is -1.22. The van der Waals surface area contributed by atoms with Gasteiger partial charge in [-0.05, 0) is 50.2 Å². The molecule has 2 nitrogen and oxygen atoms in total. The Morgan fingerprint density at radius 1 is 1.04 bits per heavy atom. The molecule has 0 aromatic carbocycles. The van der Waals surface area contributed by atoms with Crippen molar-refractivity contribution in [2.75, 3.05) is 7.05 Å². The SMILES string of the molecule is C/C=C1/SC(C)=C(C)C(C(=O)NC)/C1=C/CC.C=CC.CC.CC.CC.CC. The lowest BCUT2D eigenvalue weighted by Crippen LogP contribution is -2.31. The molecule has 1 amide bonds. The van der Waals surface area contributed by atoms with E-state index in [1.54, 1.807) is 24.9 Å². The molecule has 168 valence electrons. The van der Waals surface area contributed by atoms with E-state index >= 15 is 0 Å². The van der Waals surface area contributed by atoms with Crippen LogP contribution in [0.15, 0.2) is 45.8 Å².